The molecule has 2 aromatic carbocycles. The molecule has 0 bridgehead atoms. The maximum Gasteiger partial charge on any atom is 0.407 e. The van der Waals surface area contributed by atoms with Crippen LogP contribution in [0.5, 0.6) is 17.2 Å². The van der Waals surface area contributed by atoms with Crippen LogP contribution in [0.15, 0.2) is 18.2 Å². The smallest absolute Gasteiger partial charge is 0.407 e. The molecule has 6 rings (SSSR count). The number of ether oxygens (including phenoxy) is 4. The van der Waals surface area contributed by atoms with Crippen molar-refractivity contribution in [3.63, 3.8) is 0 Å². The molecule has 61 heavy (non-hydrogen) atoms. The number of nitrogens with one attached hydrogen (secondary N) is 1. The summed E-state index contributed by atoms with van der Waals surface area (Å²) in [6, 6.07) is 3.16. The van der Waals surface area contributed by atoms with Crippen LogP contribution in [0.1, 0.15) is 135 Å². The van der Waals surface area contributed by atoms with Crippen LogP contribution in [-0.4, -0.2) is 133 Å². The van der Waals surface area contributed by atoms with Gasteiger partial charge in [-0.15, -0.1) is 0 Å². The lowest BCUT2D eigenvalue weighted by molar-refractivity contribution is -0.281. The van der Waals surface area contributed by atoms with Crippen molar-refractivity contribution in [1.29, 1.82) is 0 Å². The lowest BCUT2D eigenvalue weighted by Crippen LogP contribution is -2.58. The number of Topliss-reactive ketones (excluding diaryl/α,β-unsaturated/α-hetero) is 1. The number of aliphatic carboxylic acids is 1. The minimum atomic E-state index is -2.39. The Hall–Kier alpha value is -4.69. The average molecular weight is 857 g/mol. The van der Waals surface area contributed by atoms with Crippen molar-refractivity contribution in [3.8, 4) is 17.2 Å². The second kappa shape index (κ2) is 17.6. The van der Waals surface area contributed by atoms with Gasteiger partial charge in [-0.3, -0.25) is 24.0 Å². The van der Waals surface area contributed by atoms with Crippen LogP contribution in [0.4, 0.5) is 4.79 Å². The minimum Gasteiger partial charge on any atom is -0.507 e. The molecule has 18 nitrogen and oxygen atoms in total. The first-order valence-corrected chi connectivity index (χ1v) is 20.5. The molecule has 2 aliphatic heterocycles. The van der Waals surface area contributed by atoms with Crippen LogP contribution in [0.3, 0.4) is 0 Å². The quantitative estimate of drug-likeness (QED) is 0.0905. The minimum absolute atomic E-state index is 0.0402. The standard InChI is InChI=1S/C43H56N2O16/c1-21-35(50)25(44-40(55)60-22(16-29(48)49)10-8-15-58-45-41(2,3)13-9-14-42(45,4)5)17-30(59-21)61-27-19-43(56,28(47)20-46)18-24-32(27)39(54)34-33(37(24)52)36(51)23-11-7-12-26(57-6)31(23)38(34)53/h7,11-12,21-22,25,27,30,35,46,50,52,54,56H,8-10,13-20H2,1-6H3,(H,44,55)(H,48,49)/t21-,22?,25?,27-,30-,35+,43-/m1/s1. The number of carbonyl (C=O) groups excluding carboxylic acids is 4. The van der Waals surface area contributed by atoms with E-state index >= 15 is 0 Å². The van der Waals surface area contributed by atoms with E-state index in [-0.39, 0.29) is 58.5 Å². The normalized spacial score (nSPS) is 27.3. The summed E-state index contributed by atoms with van der Waals surface area (Å²) in [5.41, 5.74) is -4.69. The summed E-state index contributed by atoms with van der Waals surface area (Å²) >= 11 is 0. The number of amides is 1. The number of carbonyl (C=O) groups is 5. The number of fused-ring (bicyclic) bond motifs is 3. The van der Waals surface area contributed by atoms with E-state index in [9.17, 15) is 54.6 Å². The highest BCUT2D eigenvalue weighted by Gasteiger charge is 2.51. The topological polar surface area (TPSA) is 268 Å². The van der Waals surface area contributed by atoms with Crippen molar-refractivity contribution in [2.75, 3.05) is 20.3 Å². The van der Waals surface area contributed by atoms with Gasteiger partial charge in [0.2, 0.25) is 5.78 Å². The van der Waals surface area contributed by atoms with E-state index in [1.54, 1.807) is 0 Å². The molecule has 0 saturated carbocycles. The molecule has 2 heterocycles. The number of aliphatic hydroxyl groups is 3. The molecule has 2 saturated heterocycles. The number of carboxylic acids is 1. The van der Waals surface area contributed by atoms with E-state index in [0.717, 1.165) is 19.3 Å². The molecular formula is C43H56N2O16. The molecule has 2 unspecified atom stereocenters. The summed E-state index contributed by atoms with van der Waals surface area (Å²) in [4.78, 5) is 72.0. The van der Waals surface area contributed by atoms with Gasteiger partial charge in [0.1, 0.15) is 41.7 Å². The zero-order valence-corrected chi connectivity index (χ0v) is 35.2. The number of phenolic OH excluding ortho intramolecular Hbond substituents is 2. The highest BCUT2D eigenvalue weighted by molar-refractivity contribution is 6.31. The van der Waals surface area contributed by atoms with Gasteiger partial charge in [-0.1, -0.05) is 12.1 Å². The molecule has 1 amide bonds. The third-order valence-electron chi connectivity index (χ3n) is 12.3. The molecule has 2 fully saturated rings. The Morgan fingerprint density at radius 1 is 1.02 bits per heavy atom. The number of piperidine rings is 1. The van der Waals surface area contributed by atoms with E-state index < -0.39 is 120 Å². The predicted molar refractivity (Wildman–Crippen MR) is 212 cm³/mol. The number of phenols is 2. The molecule has 334 valence electrons. The van der Waals surface area contributed by atoms with Crippen molar-refractivity contribution < 1.29 is 78.4 Å². The zero-order chi connectivity index (χ0) is 44.8. The van der Waals surface area contributed by atoms with Gasteiger partial charge in [0.05, 0.1) is 55.1 Å². The van der Waals surface area contributed by atoms with Gasteiger partial charge in [0, 0.05) is 47.0 Å². The van der Waals surface area contributed by atoms with Gasteiger partial charge in [0.25, 0.3) is 0 Å². The van der Waals surface area contributed by atoms with Crippen molar-refractivity contribution in [1.82, 2.24) is 10.4 Å². The summed E-state index contributed by atoms with van der Waals surface area (Å²) in [6.45, 7) is 9.04. The Kier molecular flexibility index (Phi) is 13.2. The second-order valence-corrected chi connectivity index (χ2v) is 17.6. The van der Waals surface area contributed by atoms with E-state index in [1.165, 1.54) is 32.2 Å². The molecule has 0 radical (unpaired) electrons. The van der Waals surface area contributed by atoms with Gasteiger partial charge in [-0.05, 0) is 72.8 Å². The first-order valence-electron chi connectivity index (χ1n) is 20.5. The highest BCUT2D eigenvalue weighted by Crippen LogP contribution is 2.52. The Balaban J connectivity index is 1.20. The Labute approximate surface area is 352 Å². The molecule has 7 N–H and O–H groups in total. The average Bonchev–Trinajstić information content (AvgIpc) is 3.18. The van der Waals surface area contributed by atoms with Crippen molar-refractivity contribution in [2.24, 2.45) is 0 Å². The van der Waals surface area contributed by atoms with Crippen LogP contribution in [0.2, 0.25) is 0 Å². The number of rotatable bonds is 14. The number of carboxylic acid groups (broad SMARTS) is 1. The number of hydrogen-bond acceptors (Lipinski definition) is 16. The molecular weight excluding hydrogens is 800 g/mol. The second-order valence-electron chi connectivity index (χ2n) is 17.6. The molecule has 18 heteroatoms. The van der Waals surface area contributed by atoms with Crippen LogP contribution in [0, 0.1) is 0 Å². The number of aliphatic hydroxyl groups excluding tert-OH is 2. The Bertz CT molecular complexity index is 2050. The Morgan fingerprint density at radius 3 is 2.33 bits per heavy atom. The molecule has 0 spiro atoms. The van der Waals surface area contributed by atoms with Gasteiger partial charge in [-0.2, -0.15) is 5.06 Å². The van der Waals surface area contributed by atoms with Crippen LogP contribution < -0.4 is 10.1 Å². The first kappa shape index (κ1) is 45.8. The SMILES string of the molecule is COc1cccc2c1C(=O)c1c(O)c3c(c(O)c1C2=O)C[C@](O)(C(=O)CO)C[C@H]3O[C@@H]1CC(NC(=O)OC(CCCON2C(C)(C)CCCC2(C)C)CC(=O)O)[C@@H](O)[C@@H](C)O1. The van der Waals surface area contributed by atoms with Crippen LogP contribution in [-0.2, 0) is 35.1 Å². The van der Waals surface area contributed by atoms with E-state index in [4.69, 9.17) is 23.8 Å². The van der Waals surface area contributed by atoms with Crippen LogP contribution >= 0.6 is 0 Å². The van der Waals surface area contributed by atoms with Crippen molar-refractivity contribution >= 4 is 29.4 Å². The largest absolute Gasteiger partial charge is 0.507 e. The van der Waals surface area contributed by atoms with Crippen molar-refractivity contribution in [2.45, 2.75) is 146 Å². The maximum atomic E-state index is 14.0. The fourth-order valence-electron chi connectivity index (χ4n) is 9.39. The predicted octanol–water partition coefficient (Wildman–Crippen LogP) is 3.37. The van der Waals surface area contributed by atoms with E-state index in [0.29, 0.717) is 6.42 Å². The molecule has 2 aliphatic carbocycles. The molecule has 0 aromatic heterocycles. The Morgan fingerprint density at radius 2 is 1.69 bits per heavy atom. The summed E-state index contributed by atoms with van der Waals surface area (Å²) in [5, 5.41) is 70.1. The summed E-state index contributed by atoms with van der Waals surface area (Å²) in [6.07, 6.45) is -5.86. The fourth-order valence-corrected chi connectivity index (χ4v) is 9.39. The third kappa shape index (κ3) is 8.98. The number of hydrogen-bond donors (Lipinski definition) is 7. The van der Waals surface area contributed by atoms with Gasteiger partial charge in [0.15, 0.2) is 17.9 Å². The van der Waals surface area contributed by atoms with Gasteiger partial charge in [-0.25, -0.2) is 4.79 Å². The first-order chi connectivity index (χ1) is 28.6. The summed E-state index contributed by atoms with van der Waals surface area (Å²) in [7, 11) is 1.29. The van der Waals surface area contributed by atoms with E-state index in [1.807, 2.05) is 5.06 Å². The fraction of sp³-hybridized carbons (Fsp3) is 0.605. The number of nitrogens with zero attached hydrogens (tertiary/aromatic N) is 1. The highest BCUT2D eigenvalue weighted by atomic mass is 16.7. The number of benzene rings is 2. The van der Waals surface area contributed by atoms with Crippen LogP contribution in [0.25, 0.3) is 0 Å². The lowest BCUT2D eigenvalue weighted by atomic mass is 9.72. The molecule has 4 aliphatic rings. The summed E-state index contributed by atoms with van der Waals surface area (Å²) in [5.74, 6) is -5.44. The lowest BCUT2D eigenvalue weighted by Gasteiger charge is -2.51. The van der Waals surface area contributed by atoms with Gasteiger partial charge >= 0.3 is 12.1 Å². The number of hydroxylamine groups is 2. The third-order valence-corrected chi connectivity index (χ3v) is 12.3. The number of aromatic hydroxyl groups is 2. The summed E-state index contributed by atoms with van der Waals surface area (Å²) < 4.78 is 23.0. The molecule has 7 atom stereocenters. The van der Waals surface area contributed by atoms with Crippen molar-refractivity contribution in [3.05, 3.63) is 51.6 Å². The monoisotopic (exact) mass is 856 g/mol. The zero-order valence-electron chi connectivity index (χ0n) is 35.2. The number of ketones is 3. The van der Waals surface area contributed by atoms with Gasteiger partial charge < -0.3 is 54.9 Å². The van der Waals surface area contributed by atoms with E-state index in [2.05, 4.69) is 33.0 Å². The number of methoxy groups -OCH3 is 1. The number of alkyl carbamates (subject to hydrolysis) is 1. The maximum absolute atomic E-state index is 14.0. The molecule has 2 aromatic rings.